The lowest BCUT2D eigenvalue weighted by atomic mass is 10.2. The quantitative estimate of drug-likeness (QED) is 0.720. The maximum atomic E-state index is 11.5. The number of carboxylic acid groups (broad SMARTS) is 1. The zero-order valence-corrected chi connectivity index (χ0v) is 11.4. The van der Waals surface area contributed by atoms with Gasteiger partial charge in [-0.2, -0.15) is 0 Å². The first-order valence-corrected chi connectivity index (χ1v) is 6.19. The number of hydrogen-bond donors (Lipinski definition) is 3. The molecular weight excluding hydrogens is 246 g/mol. The standard InChI is InChI=1S/C13H19N3O3/c1-4-10-5-9(13(18)19)6-11(16-10)14-7-12(17)15-8(2)3/h5-6,8H,4,7H2,1-3H3,(H,14,16)(H,15,17)(H,18,19). The molecule has 0 saturated carbocycles. The van der Waals surface area contributed by atoms with Crippen molar-refractivity contribution in [3.8, 4) is 0 Å². The summed E-state index contributed by atoms with van der Waals surface area (Å²) in [5.74, 6) is -0.766. The summed E-state index contributed by atoms with van der Waals surface area (Å²) in [6.45, 7) is 5.70. The molecule has 19 heavy (non-hydrogen) atoms. The van der Waals surface area contributed by atoms with Crippen LogP contribution in [0.1, 0.15) is 36.8 Å². The van der Waals surface area contributed by atoms with Crippen molar-refractivity contribution in [2.75, 3.05) is 11.9 Å². The Bertz CT molecular complexity index is 472. The lowest BCUT2D eigenvalue weighted by Gasteiger charge is -2.10. The van der Waals surface area contributed by atoms with E-state index in [2.05, 4.69) is 15.6 Å². The molecule has 1 rings (SSSR count). The number of carboxylic acids is 1. The average molecular weight is 265 g/mol. The van der Waals surface area contributed by atoms with Gasteiger partial charge in [0.2, 0.25) is 5.91 Å². The van der Waals surface area contributed by atoms with Crippen LogP contribution in [0.25, 0.3) is 0 Å². The molecular formula is C13H19N3O3. The van der Waals surface area contributed by atoms with Crippen molar-refractivity contribution in [1.29, 1.82) is 0 Å². The molecule has 0 saturated heterocycles. The highest BCUT2D eigenvalue weighted by molar-refractivity contribution is 5.89. The Kier molecular flexibility index (Phi) is 5.29. The fourth-order valence-corrected chi connectivity index (χ4v) is 1.53. The normalized spacial score (nSPS) is 10.3. The van der Waals surface area contributed by atoms with Gasteiger partial charge in [-0.05, 0) is 32.4 Å². The van der Waals surface area contributed by atoms with E-state index in [1.165, 1.54) is 12.1 Å². The zero-order chi connectivity index (χ0) is 14.4. The van der Waals surface area contributed by atoms with Crippen molar-refractivity contribution < 1.29 is 14.7 Å². The highest BCUT2D eigenvalue weighted by atomic mass is 16.4. The van der Waals surface area contributed by atoms with E-state index in [1.54, 1.807) is 0 Å². The van der Waals surface area contributed by atoms with Crippen molar-refractivity contribution in [3.63, 3.8) is 0 Å². The molecule has 1 aromatic rings. The largest absolute Gasteiger partial charge is 0.478 e. The number of rotatable bonds is 6. The van der Waals surface area contributed by atoms with E-state index in [-0.39, 0.29) is 24.1 Å². The van der Waals surface area contributed by atoms with Crippen LogP contribution in [0.2, 0.25) is 0 Å². The third-order valence-corrected chi connectivity index (χ3v) is 2.37. The Balaban J connectivity index is 2.75. The summed E-state index contributed by atoms with van der Waals surface area (Å²) < 4.78 is 0. The van der Waals surface area contributed by atoms with E-state index in [0.29, 0.717) is 17.9 Å². The Morgan fingerprint density at radius 1 is 1.37 bits per heavy atom. The van der Waals surface area contributed by atoms with Crippen LogP contribution in [-0.4, -0.2) is 34.6 Å². The number of anilines is 1. The molecule has 6 nitrogen and oxygen atoms in total. The fraction of sp³-hybridized carbons (Fsp3) is 0.462. The fourth-order valence-electron chi connectivity index (χ4n) is 1.53. The average Bonchev–Trinajstić information content (AvgIpc) is 2.35. The van der Waals surface area contributed by atoms with E-state index in [0.717, 1.165) is 0 Å². The number of nitrogens with one attached hydrogen (secondary N) is 2. The van der Waals surface area contributed by atoms with Crippen molar-refractivity contribution in [3.05, 3.63) is 23.4 Å². The second-order valence-corrected chi connectivity index (χ2v) is 4.47. The first-order valence-electron chi connectivity index (χ1n) is 6.19. The monoisotopic (exact) mass is 265 g/mol. The summed E-state index contributed by atoms with van der Waals surface area (Å²) in [4.78, 5) is 26.7. The number of carbonyl (C=O) groups is 2. The maximum Gasteiger partial charge on any atom is 0.335 e. The summed E-state index contributed by atoms with van der Waals surface area (Å²) in [6.07, 6.45) is 0.633. The molecule has 0 aromatic carbocycles. The van der Waals surface area contributed by atoms with Gasteiger partial charge in [-0.1, -0.05) is 6.92 Å². The predicted molar refractivity (Wildman–Crippen MR) is 72.3 cm³/mol. The van der Waals surface area contributed by atoms with Gasteiger partial charge in [-0.3, -0.25) is 4.79 Å². The third kappa shape index (κ3) is 4.95. The molecule has 0 aliphatic heterocycles. The van der Waals surface area contributed by atoms with Gasteiger partial charge in [0.25, 0.3) is 0 Å². The van der Waals surface area contributed by atoms with Crippen LogP contribution in [0.4, 0.5) is 5.82 Å². The van der Waals surface area contributed by atoms with Crippen LogP contribution in [0.3, 0.4) is 0 Å². The first kappa shape index (κ1) is 14.9. The van der Waals surface area contributed by atoms with Crippen LogP contribution in [0, 0.1) is 0 Å². The zero-order valence-electron chi connectivity index (χ0n) is 11.4. The number of pyridine rings is 1. The van der Waals surface area contributed by atoms with Crippen LogP contribution in [0.15, 0.2) is 12.1 Å². The minimum absolute atomic E-state index is 0.0669. The molecule has 6 heteroatoms. The summed E-state index contributed by atoms with van der Waals surface area (Å²) >= 11 is 0. The molecule has 0 unspecified atom stereocenters. The molecule has 1 heterocycles. The molecule has 0 fully saturated rings. The number of nitrogens with zero attached hydrogens (tertiary/aromatic N) is 1. The van der Waals surface area contributed by atoms with Gasteiger partial charge in [0.1, 0.15) is 5.82 Å². The molecule has 1 aromatic heterocycles. The number of hydrogen-bond acceptors (Lipinski definition) is 4. The highest BCUT2D eigenvalue weighted by Crippen LogP contribution is 2.11. The number of aromatic nitrogens is 1. The molecule has 0 bridgehead atoms. The highest BCUT2D eigenvalue weighted by Gasteiger charge is 2.09. The predicted octanol–water partition coefficient (Wildman–Crippen LogP) is 1.28. The van der Waals surface area contributed by atoms with Gasteiger partial charge < -0.3 is 15.7 Å². The Labute approximate surface area is 112 Å². The van der Waals surface area contributed by atoms with E-state index in [4.69, 9.17) is 5.11 Å². The molecule has 0 atom stereocenters. The van der Waals surface area contributed by atoms with E-state index < -0.39 is 5.97 Å². The minimum atomic E-state index is -1.01. The SMILES string of the molecule is CCc1cc(C(=O)O)cc(NCC(=O)NC(C)C)n1. The van der Waals surface area contributed by atoms with Gasteiger partial charge in [0.05, 0.1) is 12.1 Å². The lowest BCUT2D eigenvalue weighted by Crippen LogP contribution is -2.35. The van der Waals surface area contributed by atoms with Crippen molar-refractivity contribution in [2.24, 2.45) is 0 Å². The molecule has 104 valence electrons. The van der Waals surface area contributed by atoms with Gasteiger partial charge in [-0.25, -0.2) is 9.78 Å². The van der Waals surface area contributed by atoms with Gasteiger partial charge in [0, 0.05) is 11.7 Å². The lowest BCUT2D eigenvalue weighted by molar-refractivity contribution is -0.119. The Morgan fingerprint density at radius 2 is 2.05 bits per heavy atom. The van der Waals surface area contributed by atoms with E-state index in [1.807, 2.05) is 20.8 Å². The van der Waals surface area contributed by atoms with E-state index >= 15 is 0 Å². The topological polar surface area (TPSA) is 91.3 Å². The Hall–Kier alpha value is -2.11. The summed E-state index contributed by atoms with van der Waals surface area (Å²) in [5.41, 5.74) is 0.838. The summed E-state index contributed by atoms with van der Waals surface area (Å²) in [5, 5.41) is 14.6. The molecule has 0 spiro atoms. The van der Waals surface area contributed by atoms with Gasteiger partial charge >= 0.3 is 5.97 Å². The number of amides is 1. The summed E-state index contributed by atoms with van der Waals surface area (Å²) in [6, 6.07) is 3.02. The summed E-state index contributed by atoms with van der Waals surface area (Å²) in [7, 11) is 0. The molecule has 0 aliphatic rings. The number of aromatic carboxylic acids is 1. The smallest absolute Gasteiger partial charge is 0.335 e. The molecule has 0 aliphatic carbocycles. The number of carbonyl (C=O) groups excluding carboxylic acids is 1. The third-order valence-electron chi connectivity index (χ3n) is 2.37. The van der Waals surface area contributed by atoms with Crippen molar-refractivity contribution >= 4 is 17.7 Å². The van der Waals surface area contributed by atoms with Crippen LogP contribution >= 0.6 is 0 Å². The first-order chi connectivity index (χ1) is 8.92. The molecule has 0 radical (unpaired) electrons. The van der Waals surface area contributed by atoms with Crippen LogP contribution in [-0.2, 0) is 11.2 Å². The van der Waals surface area contributed by atoms with Crippen LogP contribution < -0.4 is 10.6 Å². The minimum Gasteiger partial charge on any atom is -0.478 e. The second-order valence-electron chi connectivity index (χ2n) is 4.47. The van der Waals surface area contributed by atoms with E-state index in [9.17, 15) is 9.59 Å². The second kappa shape index (κ2) is 6.72. The Morgan fingerprint density at radius 3 is 2.58 bits per heavy atom. The maximum absolute atomic E-state index is 11.5. The van der Waals surface area contributed by atoms with Crippen molar-refractivity contribution in [2.45, 2.75) is 33.2 Å². The number of aryl methyl sites for hydroxylation is 1. The molecule has 1 amide bonds. The van der Waals surface area contributed by atoms with Crippen molar-refractivity contribution in [1.82, 2.24) is 10.3 Å². The molecule has 3 N–H and O–H groups in total. The van der Waals surface area contributed by atoms with Crippen LogP contribution in [0.5, 0.6) is 0 Å². The van der Waals surface area contributed by atoms with Gasteiger partial charge in [0.15, 0.2) is 0 Å². The van der Waals surface area contributed by atoms with Gasteiger partial charge in [-0.15, -0.1) is 0 Å².